The van der Waals surface area contributed by atoms with E-state index in [4.69, 9.17) is 11.5 Å². The third-order valence-electron chi connectivity index (χ3n) is 5.16. The predicted octanol–water partition coefficient (Wildman–Crippen LogP) is 0.512. The number of hydrogen-bond acceptors (Lipinski definition) is 5. The highest BCUT2D eigenvalue weighted by molar-refractivity contribution is 5.41. The molecule has 1 aromatic heterocycles. The normalized spacial score (nSPS) is 26.3. The first-order chi connectivity index (χ1) is 11.0. The molecule has 0 radical (unpaired) electrons. The molecule has 6 nitrogen and oxygen atoms in total. The molecule has 1 saturated carbocycles. The number of hydrogen-bond donors (Lipinski definition) is 2. The number of nitrogens with two attached hydrogens (primary N) is 2. The minimum absolute atomic E-state index is 0.241. The summed E-state index contributed by atoms with van der Waals surface area (Å²) in [6.07, 6.45) is 1.66. The van der Waals surface area contributed by atoms with Crippen LogP contribution < -0.4 is 17.2 Å². The number of rotatable bonds is 3. The third kappa shape index (κ3) is 2.54. The van der Waals surface area contributed by atoms with Crippen molar-refractivity contribution in [3.05, 3.63) is 52.1 Å². The van der Waals surface area contributed by atoms with Gasteiger partial charge >= 0.3 is 5.69 Å². The van der Waals surface area contributed by atoms with Crippen molar-refractivity contribution in [2.24, 2.45) is 17.6 Å². The summed E-state index contributed by atoms with van der Waals surface area (Å²) in [7, 11) is 0. The highest BCUT2D eigenvalue weighted by Crippen LogP contribution is 2.44. The average molecular weight is 311 g/mol. The maximum atomic E-state index is 11.9. The van der Waals surface area contributed by atoms with E-state index in [-0.39, 0.29) is 11.5 Å². The standard InChI is InChI=1S/C17H21N5O/c1-10-6-12(22-5-4-15(18)20-17(22)23)3-2-11(10)7-21-8-13-14(9-21)16(13)19/h2-6,13-14,16H,7-9,19H2,1H3,(H2,18,20,23)/t13-,14+,16?. The molecule has 2 fully saturated rings. The number of aryl methyl sites for hydroxylation is 1. The van der Waals surface area contributed by atoms with E-state index < -0.39 is 0 Å². The average Bonchev–Trinajstić information content (AvgIpc) is 2.94. The molecule has 2 aromatic rings. The van der Waals surface area contributed by atoms with Crippen molar-refractivity contribution in [2.75, 3.05) is 18.8 Å². The zero-order valence-corrected chi connectivity index (χ0v) is 13.1. The van der Waals surface area contributed by atoms with Gasteiger partial charge in [-0.1, -0.05) is 6.07 Å². The van der Waals surface area contributed by atoms with Gasteiger partial charge in [-0.3, -0.25) is 9.47 Å². The monoisotopic (exact) mass is 311 g/mol. The number of piperidine rings is 1. The molecule has 0 amide bonds. The van der Waals surface area contributed by atoms with Crippen molar-refractivity contribution in [1.82, 2.24) is 14.5 Å². The van der Waals surface area contributed by atoms with Crippen LogP contribution in [0.4, 0.5) is 5.82 Å². The van der Waals surface area contributed by atoms with Gasteiger partial charge in [-0.25, -0.2) is 4.79 Å². The Kier molecular flexibility index (Phi) is 3.25. The molecule has 6 heteroatoms. The zero-order valence-electron chi connectivity index (χ0n) is 13.1. The number of likely N-dealkylation sites (tertiary alicyclic amines) is 1. The lowest BCUT2D eigenvalue weighted by Gasteiger charge is -2.20. The van der Waals surface area contributed by atoms with Crippen molar-refractivity contribution in [2.45, 2.75) is 19.5 Å². The molecule has 1 unspecified atom stereocenters. The van der Waals surface area contributed by atoms with Crippen LogP contribution in [0.3, 0.4) is 0 Å². The molecule has 1 aromatic carbocycles. The van der Waals surface area contributed by atoms with E-state index in [9.17, 15) is 4.79 Å². The van der Waals surface area contributed by atoms with E-state index in [2.05, 4.69) is 22.9 Å². The van der Waals surface area contributed by atoms with Crippen LogP contribution >= 0.6 is 0 Å². The second kappa shape index (κ2) is 5.18. The van der Waals surface area contributed by atoms with Crippen molar-refractivity contribution >= 4 is 5.82 Å². The molecule has 1 saturated heterocycles. The predicted molar refractivity (Wildman–Crippen MR) is 89.2 cm³/mol. The van der Waals surface area contributed by atoms with E-state index in [1.807, 2.05) is 12.1 Å². The van der Waals surface area contributed by atoms with Crippen LogP contribution in [0.5, 0.6) is 0 Å². The maximum absolute atomic E-state index is 11.9. The summed E-state index contributed by atoms with van der Waals surface area (Å²) in [6.45, 7) is 5.24. The fraction of sp³-hybridized carbons (Fsp3) is 0.412. The van der Waals surface area contributed by atoms with Crippen LogP contribution in [0, 0.1) is 18.8 Å². The van der Waals surface area contributed by atoms with E-state index in [1.165, 1.54) is 15.7 Å². The molecule has 120 valence electrons. The summed E-state index contributed by atoms with van der Waals surface area (Å²) in [6, 6.07) is 8.14. The van der Waals surface area contributed by atoms with Gasteiger partial charge in [0.2, 0.25) is 0 Å². The SMILES string of the molecule is Cc1cc(-n2ccc(N)nc2=O)ccc1CN1C[C@@H]2C(N)[C@@H]2C1. The van der Waals surface area contributed by atoms with E-state index >= 15 is 0 Å². The largest absolute Gasteiger partial charge is 0.383 e. The van der Waals surface area contributed by atoms with Crippen LogP contribution in [0.25, 0.3) is 5.69 Å². The number of aromatic nitrogens is 2. The van der Waals surface area contributed by atoms with Gasteiger partial charge in [0, 0.05) is 31.9 Å². The van der Waals surface area contributed by atoms with Gasteiger partial charge in [-0.2, -0.15) is 4.98 Å². The lowest BCUT2D eigenvalue weighted by molar-refractivity contribution is 0.289. The van der Waals surface area contributed by atoms with Gasteiger partial charge in [0.25, 0.3) is 0 Å². The van der Waals surface area contributed by atoms with Gasteiger partial charge in [0.1, 0.15) is 5.82 Å². The number of benzene rings is 1. The molecule has 23 heavy (non-hydrogen) atoms. The van der Waals surface area contributed by atoms with E-state index in [0.717, 1.165) is 25.3 Å². The summed E-state index contributed by atoms with van der Waals surface area (Å²) in [5.74, 6) is 1.65. The summed E-state index contributed by atoms with van der Waals surface area (Å²) >= 11 is 0. The van der Waals surface area contributed by atoms with Crippen molar-refractivity contribution in [3.8, 4) is 5.69 Å². The smallest absolute Gasteiger partial charge is 0.354 e. The molecule has 1 aliphatic carbocycles. The summed E-state index contributed by atoms with van der Waals surface area (Å²) < 4.78 is 1.51. The van der Waals surface area contributed by atoms with Crippen molar-refractivity contribution in [1.29, 1.82) is 0 Å². The number of nitrogens with zero attached hydrogens (tertiary/aromatic N) is 3. The van der Waals surface area contributed by atoms with Crippen LogP contribution in [0.2, 0.25) is 0 Å². The van der Waals surface area contributed by atoms with E-state index in [0.29, 0.717) is 17.9 Å². The Morgan fingerprint density at radius 3 is 2.65 bits per heavy atom. The lowest BCUT2D eigenvalue weighted by Crippen LogP contribution is -2.28. The summed E-state index contributed by atoms with van der Waals surface area (Å²) in [5.41, 5.74) is 14.5. The first-order valence-corrected chi connectivity index (χ1v) is 7.96. The lowest BCUT2D eigenvalue weighted by atomic mass is 10.1. The van der Waals surface area contributed by atoms with E-state index in [1.54, 1.807) is 12.3 Å². The van der Waals surface area contributed by atoms with Crippen LogP contribution in [-0.4, -0.2) is 33.6 Å². The minimum Gasteiger partial charge on any atom is -0.383 e. The Balaban J connectivity index is 1.54. The molecule has 2 aliphatic rings. The second-order valence-electron chi connectivity index (χ2n) is 6.71. The number of nitrogen functional groups attached to an aromatic ring is 1. The minimum atomic E-state index is -0.356. The Morgan fingerprint density at radius 1 is 1.26 bits per heavy atom. The molecular formula is C17H21N5O. The Bertz CT molecular complexity index is 803. The molecule has 0 spiro atoms. The van der Waals surface area contributed by atoms with Crippen LogP contribution in [-0.2, 0) is 6.54 Å². The first kappa shape index (κ1) is 14.4. The van der Waals surface area contributed by atoms with Gasteiger partial charge in [0.15, 0.2) is 0 Å². The fourth-order valence-corrected chi connectivity index (χ4v) is 3.65. The number of anilines is 1. The first-order valence-electron chi connectivity index (χ1n) is 7.96. The molecule has 4 N–H and O–H groups in total. The second-order valence-corrected chi connectivity index (χ2v) is 6.71. The zero-order chi connectivity index (χ0) is 16.1. The van der Waals surface area contributed by atoms with Crippen LogP contribution in [0.1, 0.15) is 11.1 Å². The van der Waals surface area contributed by atoms with Gasteiger partial charge in [-0.05, 0) is 48.1 Å². The summed E-state index contributed by atoms with van der Waals surface area (Å²) in [5, 5.41) is 0. The quantitative estimate of drug-likeness (QED) is 0.862. The Labute approximate surface area is 134 Å². The maximum Gasteiger partial charge on any atom is 0.354 e. The topological polar surface area (TPSA) is 90.2 Å². The molecule has 1 aliphatic heterocycles. The summed E-state index contributed by atoms with van der Waals surface area (Å²) in [4.78, 5) is 18.2. The Hall–Kier alpha value is -2.18. The number of fused-ring (bicyclic) bond motifs is 1. The molecule has 2 heterocycles. The Morgan fingerprint density at radius 2 is 2.00 bits per heavy atom. The molecule has 3 atom stereocenters. The van der Waals surface area contributed by atoms with Crippen LogP contribution in [0.15, 0.2) is 35.3 Å². The molecular weight excluding hydrogens is 290 g/mol. The van der Waals surface area contributed by atoms with Crippen molar-refractivity contribution in [3.63, 3.8) is 0 Å². The fourth-order valence-electron chi connectivity index (χ4n) is 3.65. The molecule has 4 rings (SSSR count). The molecule has 0 bridgehead atoms. The van der Waals surface area contributed by atoms with Gasteiger partial charge < -0.3 is 11.5 Å². The highest BCUT2D eigenvalue weighted by Gasteiger charge is 2.53. The van der Waals surface area contributed by atoms with Crippen molar-refractivity contribution < 1.29 is 0 Å². The van der Waals surface area contributed by atoms with Gasteiger partial charge in [0.05, 0.1) is 5.69 Å². The highest BCUT2D eigenvalue weighted by atomic mass is 16.1. The van der Waals surface area contributed by atoms with Gasteiger partial charge in [-0.15, -0.1) is 0 Å². The third-order valence-corrected chi connectivity index (χ3v) is 5.16.